The molecule has 0 saturated carbocycles. The zero-order valence-electron chi connectivity index (χ0n) is 17.4. The van der Waals surface area contributed by atoms with Gasteiger partial charge in [0.2, 0.25) is 11.8 Å². The first-order valence-electron chi connectivity index (χ1n) is 9.28. The van der Waals surface area contributed by atoms with Gasteiger partial charge >= 0.3 is 0 Å². The second-order valence-electron chi connectivity index (χ2n) is 8.16. The minimum Gasteiger partial charge on any atom is -0.294 e. The maximum absolute atomic E-state index is 13.1. The third-order valence-corrected chi connectivity index (χ3v) is 5.91. The van der Waals surface area contributed by atoms with Gasteiger partial charge in [-0.05, 0) is 25.7 Å². The van der Waals surface area contributed by atoms with Gasteiger partial charge in [-0.25, -0.2) is 4.98 Å². The van der Waals surface area contributed by atoms with Crippen LogP contribution in [0.1, 0.15) is 64.7 Å². The molecule has 7 heteroatoms. The minimum atomic E-state index is -0.789. The molecule has 0 aliphatic carbocycles. The quantitative estimate of drug-likeness (QED) is 0.751. The van der Waals surface area contributed by atoms with Crippen molar-refractivity contribution in [3.63, 3.8) is 0 Å². The Morgan fingerprint density at radius 3 is 2.33 bits per heavy atom. The number of amides is 2. The zero-order valence-corrected chi connectivity index (χ0v) is 18.2. The van der Waals surface area contributed by atoms with Gasteiger partial charge in [-0.2, -0.15) is 0 Å². The number of nitrogens with zero attached hydrogens (tertiary/aromatic N) is 2. The molecule has 148 valence electrons. The predicted molar refractivity (Wildman–Crippen MR) is 109 cm³/mol. The van der Waals surface area contributed by atoms with Crippen molar-refractivity contribution < 1.29 is 9.59 Å². The van der Waals surface area contributed by atoms with Gasteiger partial charge in [0, 0.05) is 15.7 Å². The highest BCUT2D eigenvalue weighted by Crippen LogP contribution is 2.44. The first-order chi connectivity index (χ1) is 12.5. The van der Waals surface area contributed by atoms with E-state index in [4.69, 9.17) is 0 Å². The molecule has 0 spiro atoms. The topological polar surface area (TPSA) is 81.1 Å². The van der Waals surface area contributed by atoms with E-state index in [0.29, 0.717) is 23.1 Å². The molecule has 0 radical (unpaired) electrons. The Hall–Kier alpha value is -2.02. The average molecular weight is 392 g/mol. The maximum Gasteiger partial charge on any atom is 0.263 e. The van der Waals surface area contributed by atoms with E-state index in [1.807, 2.05) is 48.5 Å². The number of aromatic nitrogens is 2. The number of nitrogens with one attached hydrogen (secondary N) is 1. The Bertz CT molecular complexity index is 953. The van der Waals surface area contributed by atoms with E-state index in [1.54, 1.807) is 12.3 Å². The predicted octanol–water partition coefficient (Wildman–Crippen LogP) is 3.74. The molecule has 2 aromatic heterocycles. The molecule has 3 rings (SSSR count). The molecule has 3 heterocycles. The summed E-state index contributed by atoms with van der Waals surface area (Å²) in [6.45, 7) is 15.1. The Morgan fingerprint density at radius 1 is 1.15 bits per heavy atom. The number of rotatable bonds is 1. The fourth-order valence-electron chi connectivity index (χ4n) is 4.02. The van der Waals surface area contributed by atoms with Crippen LogP contribution in [-0.2, 0) is 9.59 Å². The number of thiophene rings is 1. The number of fused-ring (bicyclic) bond motifs is 1. The lowest BCUT2D eigenvalue weighted by atomic mass is 9.72. The van der Waals surface area contributed by atoms with Gasteiger partial charge in [0.25, 0.3) is 5.56 Å². The summed E-state index contributed by atoms with van der Waals surface area (Å²) in [5.74, 6) is -0.266. The second kappa shape index (κ2) is 7.19. The van der Waals surface area contributed by atoms with Crippen LogP contribution in [0.5, 0.6) is 0 Å². The van der Waals surface area contributed by atoms with Crippen molar-refractivity contribution in [3.05, 3.63) is 26.4 Å². The molecule has 2 aromatic rings. The molecule has 27 heavy (non-hydrogen) atoms. The summed E-state index contributed by atoms with van der Waals surface area (Å²) in [4.78, 5) is 43.9. The van der Waals surface area contributed by atoms with Crippen molar-refractivity contribution in [1.82, 2.24) is 14.9 Å². The largest absolute Gasteiger partial charge is 0.294 e. The molecule has 1 saturated heterocycles. The number of carbonyl (C=O) groups is 2. The van der Waals surface area contributed by atoms with Crippen LogP contribution in [0, 0.1) is 24.7 Å². The molecule has 1 atom stereocenters. The van der Waals surface area contributed by atoms with Crippen LogP contribution in [0.3, 0.4) is 0 Å². The van der Waals surface area contributed by atoms with E-state index in [1.165, 1.54) is 15.9 Å². The Balaban J connectivity index is 0.00000126. The monoisotopic (exact) mass is 391 g/mol. The van der Waals surface area contributed by atoms with E-state index < -0.39 is 22.8 Å². The molecule has 1 aliphatic rings. The van der Waals surface area contributed by atoms with E-state index >= 15 is 0 Å². The Kier molecular flexibility index (Phi) is 5.66. The van der Waals surface area contributed by atoms with Crippen LogP contribution in [0.25, 0.3) is 10.9 Å². The molecule has 1 aliphatic heterocycles. The Morgan fingerprint density at radius 2 is 1.74 bits per heavy atom. The van der Waals surface area contributed by atoms with Gasteiger partial charge in [0.15, 0.2) is 0 Å². The smallest absolute Gasteiger partial charge is 0.263 e. The average Bonchev–Trinajstić information content (AvgIpc) is 2.90. The van der Waals surface area contributed by atoms with Gasteiger partial charge < -0.3 is 0 Å². The van der Waals surface area contributed by atoms with Crippen molar-refractivity contribution in [3.8, 4) is 0 Å². The number of aryl methyl sites for hydroxylation is 2. The fourth-order valence-corrected chi connectivity index (χ4v) is 4.80. The lowest BCUT2D eigenvalue weighted by Crippen LogP contribution is -2.44. The van der Waals surface area contributed by atoms with Crippen LogP contribution in [-0.4, -0.2) is 21.4 Å². The number of imide groups is 1. The van der Waals surface area contributed by atoms with Gasteiger partial charge in [0.05, 0.1) is 10.9 Å². The lowest BCUT2D eigenvalue weighted by molar-refractivity contribution is -0.135. The van der Waals surface area contributed by atoms with E-state index in [9.17, 15) is 14.4 Å². The highest BCUT2D eigenvalue weighted by Gasteiger charge is 2.48. The van der Waals surface area contributed by atoms with Crippen molar-refractivity contribution in [1.29, 1.82) is 0 Å². The van der Waals surface area contributed by atoms with E-state index in [-0.39, 0.29) is 11.5 Å². The number of hydrogen-bond acceptors (Lipinski definition) is 5. The van der Waals surface area contributed by atoms with Gasteiger partial charge in [0.1, 0.15) is 11.9 Å². The second-order valence-corrected chi connectivity index (χ2v) is 9.24. The summed E-state index contributed by atoms with van der Waals surface area (Å²) < 4.78 is 1.46. The Labute approximate surface area is 164 Å². The minimum absolute atomic E-state index is 0.229. The third kappa shape index (κ3) is 3.57. The normalized spacial score (nSPS) is 21.3. The standard InChI is InChI=1S/C18H23N3O3S.C2H6/c1-9-12-11(7-25-9)15(23)21(10(2)19-12)13-14(22)20-16(24)18(5,6)8-17(13,3)4;1-2/h7,13H,8H2,1-6H3,(H,20,22,24);1-2H3. The molecule has 0 aromatic carbocycles. The third-order valence-electron chi connectivity index (χ3n) is 5.01. The first kappa shape index (κ1) is 21.3. The summed E-state index contributed by atoms with van der Waals surface area (Å²) in [6, 6.07) is -0.789. The number of carbonyl (C=O) groups excluding carboxylic acids is 2. The van der Waals surface area contributed by atoms with E-state index in [0.717, 1.165) is 4.88 Å². The van der Waals surface area contributed by atoms with Crippen LogP contribution in [0.15, 0.2) is 10.2 Å². The molecule has 2 amide bonds. The fraction of sp³-hybridized carbons (Fsp3) is 0.600. The lowest BCUT2D eigenvalue weighted by Gasteiger charge is -2.35. The van der Waals surface area contributed by atoms with Gasteiger partial charge in [-0.15, -0.1) is 11.3 Å². The molecule has 1 N–H and O–H groups in total. The number of hydrogen-bond donors (Lipinski definition) is 1. The summed E-state index contributed by atoms with van der Waals surface area (Å²) in [5, 5.41) is 4.79. The van der Waals surface area contributed by atoms with E-state index in [2.05, 4.69) is 10.3 Å². The molecular formula is C20H29N3O3S. The van der Waals surface area contributed by atoms with Crippen molar-refractivity contribution in [2.24, 2.45) is 10.8 Å². The highest BCUT2D eigenvalue weighted by molar-refractivity contribution is 7.11. The van der Waals surface area contributed by atoms with Crippen molar-refractivity contribution >= 4 is 34.1 Å². The van der Waals surface area contributed by atoms with Crippen LogP contribution in [0.4, 0.5) is 0 Å². The summed E-state index contributed by atoms with van der Waals surface area (Å²) >= 11 is 1.47. The van der Waals surface area contributed by atoms with Crippen molar-refractivity contribution in [2.75, 3.05) is 0 Å². The molecule has 1 unspecified atom stereocenters. The molecule has 0 bridgehead atoms. The SMILES string of the molecule is CC.Cc1scc2c(=O)n(C3C(=O)NC(=O)C(C)(C)CC3(C)C)c(C)nc12. The summed E-state index contributed by atoms with van der Waals surface area (Å²) in [5.41, 5.74) is -0.823. The summed E-state index contributed by atoms with van der Waals surface area (Å²) in [6.07, 6.45) is 0.481. The van der Waals surface area contributed by atoms with Crippen molar-refractivity contribution in [2.45, 2.75) is 67.9 Å². The molecule has 1 fully saturated rings. The van der Waals surface area contributed by atoms with Crippen LogP contribution >= 0.6 is 11.3 Å². The maximum atomic E-state index is 13.1. The van der Waals surface area contributed by atoms with Crippen LogP contribution in [0.2, 0.25) is 0 Å². The first-order valence-corrected chi connectivity index (χ1v) is 10.2. The molecular weight excluding hydrogens is 362 g/mol. The summed E-state index contributed by atoms with van der Waals surface area (Å²) in [7, 11) is 0. The highest BCUT2D eigenvalue weighted by atomic mass is 32.1. The molecule has 6 nitrogen and oxygen atoms in total. The van der Waals surface area contributed by atoms with Gasteiger partial charge in [-0.1, -0.05) is 41.5 Å². The zero-order chi connectivity index (χ0) is 20.7. The van der Waals surface area contributed by atoms with Gasteiger partial charge in [-0.3, -0.25) is 24.3 Å². The van der Waals surface area contributed by atoms with Crippen LogP contribution < -0.4 is 10.9 Å².